The highest BCUT2D eigenvalue weighted by atomic mass is 35.5. The van der Waals surface area contributed by atoms with Gasteiger partial charge in [-0.3, -0.25) is 10.1 Å². The number of hydrogen-bond acceptors (Lipinski definition) is 4. The van der Waals surface area contributed by atoms with E-state index in [9.17, 15) is 4.79 Å². The molecule has 138 valence electrons. The van der Waals surface area contributed by atoms with Gasteiger partial charge in [0, 0.05) is 30.5 Å². The number of anilines is 2. The van der Waals surface area contributed by atoms with Gasteiger partial charge < -0.3 is 15.0 Å². The van der Waals surface area contributed by atoms with Crippen LogP contribution in [-0.4, -0.2) is 31.2 Å². The number of carbonyl (C=O) groups is 1. The second-order valence-corrected chi connectivity index (χ2v) is 6.97. The number of carbonyl (C=O) groups excluding carboxylic acids is 1. The van der Waals surface area contributed by atoms with Crippen LogP contribution in [0.15, 0.2) is 42.5 Å². The second kappa shape index (κ2) is 9.07. The highest BCUT2D eigenvalue weighted by molar-refractivity contribution is 7.80. The van der Waals surface area contributed by atoms with Crippen LogP contribution in [-0.2, 0) is 4.79 Å². The summed E-state index contributed by atoms with van der Waals surface area (Å²) in [7, 11) is 3.92. The van der Waals surface area contributed by atoms with Crippen molar-refractivity contribution in [2.75, 3.05) is 24.3 Å². The minimum atomic E-state index is -0.787. The Bertz CT molecular complexity index is 798. The number of nitrogens with zero attached hydrogens (tertiary/aromatic N) is 1. The van der Waals surface area contributed by atoms with Crippen LogP contribution in [0.25, 0.3) is 0 Å². The van der Waals surface area contributed by atoms with Crippen molar-refractivity contribution in [2.45, 2.75) is 13.0 Å². The van der Waals surface area contributed by atoms with Crippen LogP contribution in [0.2, 0.25) is 10.0 Å². The smallest absolute Gasteiger partial charge is 0.266 e. The van der Waals surface area contributed by atoms with Crippen molar-refractivity contribution in [1.82, 2.24) is 5.32 Å². The number of ether oxygens (including phenoxy) is 1. The molecular weight excluding hydrogens is 393 g/mol. The van der Waals surface area contributed by atoms with Gasteiger partial charge in [-0.1, -0.05) is 23.2 Å². The van der Waals surface area contributed by atoms with E-state index in [-0.39, 0.29) is 5.11 Å². The molecule has 2 aromatic rings. The number of hydrogen-bond donors (Lipinski definition) is 2. The molecule has 8 heteroatoms. The zero-order chi connectivity index (χ0) is 19.3. The molecule has 1 atom stereocenters. The Labute approximate surface area is 168 Å². The number of benzene rings is 2. The maximum absolute atomic E-state index is 12.2. The largest absolute Gasteiger partial charge is 0.479 e. The topological polar surface area (TPSA) is 53.6 Å². The molecule has 0 aliphatic carbocycles. The van der Waals surface area contributed by atoms with E-state index < -0.39 is 12.0 Å². The fraction of sp³-hybridized carbons (Fsp3) is 0.222. The first-order valence-electron chi connectivity index (χ1n) is 7.77. The molecule has 2 N–H and O–H groups in total. The Balaban J connectivity index is 1.90. The number of nitrogens with one attached hydrogen (secondary N) is 2. The molecule has 0 saturated carbocycles. The van der Waals surface area contributed by atoms with Crippen molar-refractivity contribution in [3.63, 3.8) is 0 Å². The van der Waals surface area contributed by atoms with Gasteiger partial charge in [0.15, 0.2) is 11.2 Å². The summed E-state index contributed by atoms with van der Waals surface area (Å²) < 4.78 is 5.56. The van der Waals surface area contributed by atoms with Gasteiger partial charge in [-0.2, -0.15) is 0 Å². The van der Waals surface area contributed by atoms with E-state index in [1.807, 2.05) is 43.3 Å². The van der Waals surface area contributed by atoms with Crippen molar-refractivity contribution in [2.24, 2.45) is 0 Å². The molecule has 0 aliphatic rings. The van der Waals surface area contributed by atoms with Crippen LogP contribution in [0.3, 0.4) is 0 Å². The highest BCUT2D eigenvalue weighted by Crippen LogP contribution is 2.28. The first-order chi connectivity index (χ1) is 12.3. The summed E-state index contributed by atoms with van der Waals surface area (Å²) in [6.45, 7) is 1.61. The SMILES string of the molecule is CC(Oc1ccc(Cl)cc1Cl)C(=O)NC(=S)Nc1ccc(N(C)C)cc1. The third-order valence-electron chi connectivity index (χ3n) is 3.45. The van der Waals surface area contributed by atoms with E-state index in [1.54, 1.807) is 25.1 Å². The fourth-order valence-electron chi connectivity index (χ4n) is 2.03. The van der Waals surface area contributed by atoms with Crippen LogP contribution in [0.4, 0.5) is 11.4 Å². The lowest BCUT2D eigenvalue weighted by Crippen LogP contribution is -2.42. The van der Waals surface area contributed by atoms with Gasteiger partial charge in [-0.25, -0.2) is 0 Å². The van der Waals surface area contributed by atoms with Crippen molar-refractivity contribution in [3.8, 4) is 5.75 Å². The lowest BCUT2D eigenvalue weighted by Gasteiger charge is -2.17. The number of rotatable bonds is 5. The Morgan fingerprint density at radius 2 is 1.81 bits per heavy atom. The molecule has 0 bridgehead atoms. The molecule has 5 nitrogen and oxygen atoms in total. The zero-order valence-corrected chi connectivity index (χ0v) is 16.9. The molecule has 0 aliphatic heterocycles. The average molecular weight is 412 g/mol. The lowest BCUT2D eigenvalue weighted by atomic mass is 10.2. The van der Waals surface area contributed by atoms with Gasteiger partial charge >= 0.3 is 0 Å². The van der Waals surface area contributed by atoms with Crippen molar-refractivity contribution in [1.29, 1.82) is 0 Å². The lowest BCUT2D eigenvalue weighted by molar-refractivity contribution is -0.125. The summed E-state index contributed by atoms with van der Waals surface area (Å²) in [6.07, 6.45) is -0.787. The molecule has 0 radical (unpaired) electrons. The minimum absolute atomic E-state index is 0.185. The molecule has 0 spiro atoms. The standard InChI is InChI=1S/C18H19Cl2N3O2S/c1-11(25-16-9-4-12(19)10-15(16)20)17(24)22-18(26)21-13-5-7-14(8-6-13)23(2)3/h4-11H,1-3H3,(H2,21,22,24,26). The second-order valence-electron chi connectivity index (χ2n) is 5.72. The summed E-state index contributed by atoms with van der Waals surface area (Å²) in [6, 6.07) is 12.4. The van der Waals surface area contributed by atoms with Crippen LogP contribution in [0.1, 0.15) is 6.92 Å². The first-order valence-corrected chi connectivity index (χ1v) is 8.93. The Hall–Kier alpha value is -2.02. The van der Waals surface area contributed by atoms with Crippen LogP contribution in [0.5, 0.6) is 5.75 Å². The van der Waals surface area contributed by atoms with E-state index >= 15 is 0 Å². The van der Waals surface area contributed by atoms with Gasteiger partial charge in [-0.05, 0) is 61.6 Å². The van der Waals surface area contributed by atoms with Gasteiger partial charge in [0.25, 0.3) is 5.91 Å². The highest BCUT2D eigenvalue weighted by Gasteiger charge is 2.17. The van der Waals surface area contributed by atoms with Crippen LogP contribution >= 0.6 is 35.4 Å². The molecule has 0 saturated heterocycles. The summed E-state index contributed by atoms with van der Waals surface area (Å²) in [4.78, 5) is 14.2. The summed E-state index contributed by atoms with van der Waals surface area (Å²) in [5.74, 6) is -0.0182. The molecule has 26 heavy (non-hydrogen) atoms. The monoisotopic (exact) mass is 411 g/mol. The number of halogens is 2. The normalized spacial score (nSPS) is 11.4. The van der Waals surface area contributed by atoms with Gasteiger partial charge in [0.2, 0.25) is 0 Å². The maximum atomic E-state index is 12.2. The third kappa shape index (κ3) is 5.76. The Morgan fingerprint density at radius 3 is 2.38 bits per heavy atom. The predicted octanol–water partition coefficient (Wildman–Crippen LogP) is 4.34. The molecule has 2 rings (SSSR count). The molecule has 2 aromatic carbocycles. The average Bonchev–Trinajstić information content (AvgIpc) is 2.57. The summed E-state index contributed by atoms with van der Waals surface area (Å²) in [5, 5.41) is 6.56. The first kappa shape index (κ1) is 20.3. The number of amides is 1. The Kier molecular flexibility index (Phi) is 7.08. The quantitative estimate of drug-likeness (QED) is 0.716. The van der Waals surface area contributed by atoms with Gasteiger partial charge in [0.05, 0.1) is 5.02 Å². The van der Waals surface area contributed by atoms with Crippen LogP contribution < -0.4 is 20.3 Å². The number of thiocarbonyl (C=S) groups is 1. The Morgan fingerprint density at radius 1 is 1.15 bits per heavy atom. The van der Waals surface area contributed by atoms with E-state index in [2.05, 4.69) is 10.6 Å². The van der Waals surface area contributed by atoms with E-state index in [4.69, 9.17) is 40.2 Å². The van der Waals surface area contributed by atoms with Crippen LogP contribution in [0, 0.1) is 0 Å². The van der Waals surface area contributed by atoms with E-state index in [0.29, 0.717) is 15.8 Å². The zero-order valence-electron chi connectivity index (χ0n) is 14.5. The molecule has 1 unspecified atom stereocenters. The fourth-order valence-corrected chi connectivity index (χ4v) is 2.71. The predicted molar refractivity (Wildman–Crippen MR) is 112 cm³/mol. The molecule has 1 amide bonds. The molecule has 0 aromatic heterocycles. The van der Waals surface area contributed by atoms with Gasteiger partial charge in [-0.15, -0.1) is 0 Å². The van der Waals surface area contributed by atoms with E-state index in [0.717, 1.165) is 11.4 Å². The minimum Gasteiger partial charge on any atom is -0.479 e. The summed E-state index contributed by atoms with van der Waals surface area (Å²) >= 11 is 17.1. The molecule has 0 heterocycles. The van der Waals surface area contributed by atoms with E-state index in [1.165, 1.54) is 0 Å². The van der Waals surface area contributed by atoms with Crippen molar-refractivity contribution < 1.29 is 9.53 Å². The van der Waals surface area contributed by atoms with Crippen molar-refractivity contribution >= 4 is 57.8 Å². The maximum Gasteiger partial charge on any atom is 0.266 e. The van der Waals surface area contributed by atoms with Gasteiger partial charge in [0.1, 0.15) is 5.75 Å². The van der Waals surface area contributed by atoms with Crippen molar-refractivity contribution in [3.05, 3.63) is 52.5 Å². The third-order valence-corrected chi connectivity index (χ3v) is 4.18. The molecule has 0 fully saturated rings. The summed E-state index contributed by atoms with van der Waals surface area (Å²) in [5.41, 5.74) is 1.84. The molecular formula is C18H19Cl2N3O2S.